The van der Waals surface area contributed by atoms with E-state index in [1.807, 2.05) is 7.05 Å². The van der Waals surface area contributed by atoms with Gasteiger partial charge in [0.2, 0.25) is 5.89 Å². The van der Waals surface area contributed by atoms with E-state index in [2.05, 4.69) is 56.6 Å². The Morgan fingerprint density at radius 2 is 2.17 bits per heavy atom. The number of aryl methyl sites for hydroxylation is 1. The smallest absolute Gasteiger partial charge is 0.281 e. The van der Waals surface area contributed by atoms with Gasteiger partial charge < -0.3 is 9.73 Å². The van der Waals surface area contributed by atoms with Crippen LogP contribution in [0.2, 0.25) is 0 Å². The fraction of sp³-hybridized carbons (Fsp3) is 0.333. The molecule has 2 aromatic rings. The van der Waals surface area contributed by atoms with Crippen LogP contribution in [0.3, 0.4) is 0 Å². The number of nitrogens with zero attached hydrogens (tertiary/aromatic N) is 2. The van der Waals surface area contributed by atoms with Gasteiger partial charge in [0.1, 0.15) is 0 Å². The van der Waals surface area contributed by atoms with Gasteiger partial charge in [-0.15, -0.1) is 10.2 Å². The third-order valence-corrected chi connectivity index (χ3v) is 4.43. The van der Waals surface area contributed by atoms with Gasteiger partial charge in [0, 0.05) is 22.3 Å². The molecule has 1 aromatic carbocycles. The molecule has 0 aliphatic carbocycles. The van der Waals surface area contributed by atoms with Gasteiger partial charge in [0.05, 0.1) is 0 Å². The molecule has 18 heavy (non-hydrogen) atoms. The maximum atomic E-state index is 5.35. The van der Waals surface area contributed by atoms with E-state index in [0.717, 1.165) is 9.37 Å². The lowest BCUT2D eigenvalue weighted by Crippen LogP contribution is -2.12. The Hall–Kier alpha value is -0.850. The summed E-state index contributed by atoms with van der Waals surface area (Å²) >= 11 is 5.03. The standard InChI is InChI=1S/C12H14BrN3OS/c1-7(14-3)9-4-5-11(10(13)6-9)18-12-16-15-8(2)17-12/h4-7,14H,1-3H3. The largest absolute Gasteiger partial charge is 0.416 e. The highest BCUT2D eigenvalue weighted by Crippen LogP contribution is 2.34. The molecule has 0 saturated carbocycles. The highest BCUT2D eigenvalue weighted by molar-refractivity contribution is 9.10. The minimum absolute atomic E-state index is 0.325. The number of hydrogen-bond donors (Lipinski definition) is 1. The molecular formula is C12H14BrN3OS. The molecule has 0 bridgehead atoms. The van der Waals surface area contributed by atoms with Crippen LogP contribution in [0, 0.1) is 6.92 Å². The lowest BCUT2D eigenvalue weighted by Gasteiger charge is -2.12. The van der Waals surface area contributed by atoms with Crippen molar-refractivity contribution in [3.63, 3.8) is 0 Å². The van der Waals surface area contributed by atoms with Crippen molar-refractivity contribution in [2.75, 3.05) is 7.05 Å². The number of aromatic nitrogens is 2. The van der Waals surface area contributed by atoms with E-state index >= 15 is 0 Å². The molecule has 0 spiro atoms. The average molecular weight is 328 g/mol. The summed E-state index contributed by atoms with van der Waals surface area (Å²) in [5.41, 5.74) is 1.23. The van der Waals surface area contributed by atoms with E-state index in [1.54, 1.807) is 6.92 Å². The van der Waals surface area contributed by atoms with Gasteiger partial charge in [-0.3, -0.25) is 0 Å². The van der Waals surface area contributed by atoms with Crippen molar-refractivity contribution in [1.29, 1.82) is 0 Å². The Labute approximate surface area is 119 Å². The lowest BCUT2D eigenvalue weighted by molar-refractivity contribution is 0.429. The highest BCUT2D eigenvalue weighted by Gasteiger charge is 2.10. The summed E-state index contributed by atoms with van der Waals surface area (Å²) in [6.07, 6.45) is 0. The van der Waals surface area contributed by atoms with Crippen molar-refractivity contribution in [3.05, 3.63) is 34.1 Å². The van der Waals surface area contributed by atoms with Crippen molar-refractivity contribution in [2.45, 2.75) is 30.0 Å². The zero-order chi connectivity index (χ0) is 13.1. The molecule has 0 saturated heterocycles. The van der Waals surface area contributed by atoms with Gasteiger partial charge in [0.15, 0.2) is 0 Å². The first kappa shape index (κ1) is 13.6. The second-order valence-corrected chi connectivity index (χ2v) is 5.74. The molecule has 6 heteroatoms. The van der Waals surface area contributed by atoms with Crippen LogP contribution in [-0.2, 0) is 0 Å². The van der Waals surface area contributed by atoms with Crippen molar-refractivity contribution in [2.24, 2.45) is 0 Å². The minimum Gasteiger partial charge on any atom is -0.416 e. The van der Waals surface area contributed by atoms with Crippen LogP contribution in [0.15, 0.2) is 37.2 Å². The van der Waals surface area contributed by atoms with E-state index < -0.39 is 0 Å². The first-order valence-electron chi connectivity index (χ1n) is 5.55. The van der Waals surface area contributed by atoms with Gasteiger partial charge >= 0.3 is 0 Å². The Morgan fingerprint density at radius 1 is 1.39 bits per heavy atom. The van der Waals surface area contributed by atoms with Crippen LogP contribution < -0.4 is 5.32 Å². The third kappa shape index (κ3) is 3.13. The zero-order valence-electron chi connectivity index (χ0n) is 10.4. The van der Waals surface area contributed by atoms with Crippen LogP contribution in [0.5, 0.6) is 0 Å². The molecule has 0 fully saturated rings. The molecule has 96 valence electrons. The fourth-order valence-electron chi connectivity index (χ4n) is 1.45. The molecule has 1 atom stereocenters. The van der Waals surface area contributed by atoms with E-state index in [1.165, 1.54) is 17.3 Å². The topological polar surface area (TPSA) is 51.0 Å². The summed E-state index contributed by atoms with van der Waals surface area (Å²) in [7, 11) is 1.95. The summed E-state index contributed by atoms with van der Waals surface area (Å²) in [5.74, 6) is 0.578. The molecule has 4 nitrogen and oxygen atoms in total. The molecule has 1 unspecified atom stereocenters. The minimum atomic E-state index is 0.325. The Bertz CT molecular complexity index is 544. The second kappa shape index (κ2) is 5.86. The normalized spacial score (nSPS) is 12.7. The maximum absolute atomic E-state index is 5.35. The zero-order valence-corrected chi connectivity index (χ0v) is 12.8. The molecule has 1 aromatic heterocycles. The Kier molecular flexibility index (Phi) is 4.42. The quantitative estimate of drug-likeness (QED) is 0.930. The Balaban J connectivity index is 2.19. The average Bonchev–Trinajstić information content (AvgIpc) is 2.76. The third-order valence-electron chi connectivity index (χ3n) is 2.59. The van der Waals surface area contributed by atoms with Gasteiger partial charge in [-0.25, -0.2) is 0 Å². The van der Waals surface area contributed by atoms with Gasteiger partial charge in [-0.05, 0) is 59.4 Å². The predicted octanol–water partition coefficient (Wildman–Crippen LogP) is 3.57. The first-order valence-corrected chi connectivity index (χ1v) is 7.15. The van der Waals surface area contributed by atoms with Crippen molar-refractivity contribution in [1.82, 2.24) is 15.5 Å². The number of nitrogens with one attached hydrogen (secondary N) is 1. The molecule has 1 N–H and O–H groups in total. The van der Waals surface area contributed by atoms with Crippen LogP contribution in [0.4, 0.5) is 0 Å². The predicted molar refractivity (Wildman–Crippen MR) is 74.8 cm³/mol. The monoisotopic (exact) mass is 327 g/mol. The summed E-state index contributed by atoms with van der Waals surface area (Å²) in [6.45, 7) is 3.90. The second-order valence-electron chi connectivity index (χ2n) is 3.89. The molecular weight excluding hydrogens is 314 g/mol. The highest BCUT2D eigenvalue weighted by atomic mass is 79.9. The van der Waals surface area contributed by atoms with Crippen molar-refractivity contribution < 1.29 is 4.42 Å². The summed E-state index contributed by atoms with van der Waals surface area (Å²) < 4.78 is 6.38. The van der Waals surface area contributed by atoms with E-state index in [-0.39, 0.29) is 0 Å². The molecule has 0 amide bonds. The maximum Gasteiger partial charge on any atom is 0.281 e. The number of hydrogen-bond acceptors (Lipinski definition) is 5. The number of benzene rings is 1. The molecule has 2 rings (SSSR count). The molecule has 0 aliphatic rings. The molecule has 0 aliphatic heterocycles. The molecule has 1 heterocycles. The van der Waals surface area contributed by atoms with Gasteiger partial charge in [-0.2, -0.15) is 0 Å². The first-order chi connectivity index (χ1) is 8.60. The summed E-state index contributed by atoms with van der Waals surface area (Å²) in [6, 6.07) is 6.58. The van der Waals surface area contributed by atoms with E-state index in [9.17, 15) is 0 Å². The summed E-state index contributed by atoms with van der Waals surface area (Å²) in [5, 5.41) is 11.5. The van der Waals surface area contributed by atoms with Crippen molar-refractivity contribution >= 4 is 27.7 Å². The Morgan fingerprint density at radius 3 is 2.72 bits per heavy atom. The van der Waals surface area contributed by atoms with E-state index in [4.69, 9.17) is 4.42 Å². The van der Waals surface area contributed by atoms with Crippen LogP contribution in [0.25, 0.3) is 0 Å². The van der Waals surface area contributed by atoms with Gasteiger partial charge in [0.25, 0.3) is 5.22 Å². The summed E-state index contributed by atoms with van der Waals surface area (Å²) in [4.78, 5) is 1.06. The lowest BCUT2D eigenvalue weighted by atomic mass is 10.1. The SMILES string of the molecule is CNC(C)c1ccc(Sc2nnc(C)o2)c(Br)c1. The van der Waals surface area contributed by atoms with Gasteiger partial charge in [-0.1, -0.05) is 6.07 Å². The number of halogens is 1. The van der Waals surface area contributed by atoms with Crippen LogP contribution >= 0.6 is 27.7 Å². The van der Waals surface area contributed by atoms with E-state index in [0.29, 0.717) is 17.2 Å². The fourth-order valence-corrected chi connectivity index (χ4v) is 2.81. The van der Waals surface area contributed by atoms with Crippen LogP contribution in [0.1, 0.15) is 24.4 Å². The van der Waals surface area contributed by atoms with Crippen molar-refractivity contribution in [3.8, 4) is 0 Å². The van der Waals surface area contributed by atoms with Crippen LogP contribution in [-0.4, -0.2) is 17.2 Å². The molecule has 0 radical (unpaired) electrons. The number of rotatable bonds is 4.